The molecule has 0 radical (unpaired) electrons. The van der Waals surface area contributed by atoms with E-state index in [0.29, 0.717) is 11.5 Å². The summed E-state index contributed by atoms with van der Waals surface area (Å²) in [5.74, 6) is 0.521. The summed E-state index contributed by atoms with van der Waals surface area (Å²) < 4.78 is 21.6. The van der Waals surface area contributed by atoms with E-state index in [4.69, 9.17) is 5.26 Å². The molecule has 1 heterocycles. The van der Waals surface area contributed by atoms with Crippen molar-refractivity contribution < 1.29 is 8.76 Å². The Balaban J connectivity index is 2.18. The van der Waals surface area contributed by atoms with Gasteiger partial charge in [-0.15, -0.1) is 0 Å². The van der Waals surface area contributed by atoms with E-state index in [1.807, 2.05) is 12.1 Å². The maximum atomic E-state index is 10.8. The first kappa shape index (κ1) is 11.3. The second-order valence-electron chi connectivity index (χ2n) is 3.79. The highest BCUT2D eigenvalue weighted by atomic mass is 32.2. The topological polar surface area (TPSA) is 76.0 Å². The molecule has 1 aromatic carbocycles. The van der Waals surface area contributed by atoms with Crippen LogP contribution in [0.2, 0.25) is 0 Å². The van der Waals surface area contributed by atoms with Gasteiger partial charge < -0.3 is 9.87 Å². The van der Waals surface area contributed by atoms with Crippen LogP contribution in [0.4, 0.5) is 0 Å². The lowest BCUT2D eigenvalue weighted by molar-refractivity contribution is 0.448. The highest BCUT2D eigenvalue weighted by Gasteiger charge is 2.19. The van der Waals surface area contributed by atoms with Gasteiger partial charge in [0.05, 0.1) is 6.07 Å². The number of benzene rings is 1. The molecule has 1 aliphatic rings. The second-order valence-corrected chi connectivity index (χ2v) is 4.78. The Morgan fingerprint density at radius 3 is 2.44 bits per heavy atom. The van der Waals surface area contributed by atoms with Crippen LogP contribution in [0.25, 0.3) is 0 Å². The Kier molecular flexibility index (Phi) is 3.34. The minimum atomic E-state index is -2.38. The average Bonchev–Trinajstić information content (AvgIpc) is 2.18. The largest absolute Gasteiger partial charge is 0.771 e. The molecule has 0 amide bonds. The third-order valence-corrected chi connectivity index (χ3v) is 3.56. The van der Waals surface area contributed by atoms with Crippen molar-refractivity contribution in [1.82, 2.24) is 5.32 Å². The molecule has 0 saturated carbocycles. The molecule has 1 aliphatic heterocycles. The first-order chi connectivity index (χ1) is 7.72. The summed E-state index contributed by atoms with van der Waals surface area (Å²) in [7, 11) is 0. The smallest absolute Gasteiger partial charge is 0.133 e. The average molecular weight is 235 g/mol. The predicted octanol–water partition coefficient (Wildman–Crippen LogP) is 0.817. The summed E-state index contributed by atoms with van der Waals surface area (Å²) in [5.41, 5.74) is 1.72. The molecule has 0 aromatic heterocycles. The zero-order valence-corrected chi connectivity index (χ0v) is 9.37. The van der Waals surface area contributed by atoms with E-state index < -0.39 is 16.3 Å². The molecule has 2 rings (SSSR count). The molecule has 1 N–H and O–H groups in total. The fourth-order valence-corrected chi connectivity index (χ4v) is 2.16. The number of rotatable bonds is 3. The van der Waals surface area contributed by atoms with Crippen LogP contribution in [-0.2, 0) is 11.1 Å². The van der Waals surface area contributed by atoms with Crippen molar-refractivity contribution in [2.24, 2.45) is 0 Å². The fraction of sp³-hybridized carbons (Fsp3) is 0.364. The molecule has 0 spiro atoms. The number of hydrogen-bond acceptors (Lipinski definition) is 4. The number of hydrogen-bond donors (Lipinski definition) is 1. The van der Waals surface area contributed by atoms with Crippen LogP contribution in [0.1, 0.15) is 22.3 Å². The van der Waals surface area contributed by atoms with Crippen molar-refractivity contribution in [3.05, 3.63) is 35.4 Å². The van der Waals surface area contributed by atoms with E-state index in [1.165, 1.54) is 5.56 Å². The van der Waals surface area contributed by atoms with Crippen molar-refractivity contribution in [2.75, 3.05) is 13.1 Å². The molecule has 5 heteroatoms. The second kappa shape index (κ2) is 4.74. The normalized spacial score (nSPS) is 19.5. The minimum Gasteiger partial charge on any atom is -0.771 e. The van der Waals surface area contributed by atoms with Crippen LogP contribution in [0.3, 0.4) is 0 Å². The number of nitrogens with one attached hydrogen (secondary N) is 1. The zero-order valence-electron chi connectivity index (χ0n) is 8.55. The molecule has 84 valence electrons. The maximum absolute atomic E-state index is 10.8. The van der Waals surface area contributed by atoms with Crippen LogP contribution < -0.4 is 5.32 Å². The maximum Gasteiger partial charge on any atom is 0.133 e. The summed E-state index contributed by atoms with van der Waals surface area (Å²) in [6, 6.07) is 9.01. The van der Waals surface area contributed by atoms with Gasteiger partial charge in [0.25, 0.3) is 0 Å². The summed E-state index contributed by atoms with van der Waals surface area (Å²) >= 11 is -2.38. The molecule has 4 nitrogen and oxygen atoms in total. The number of nitriles is 1. The molecule has 16 heavy (non-hydrogen) atoms. The van der Waals surface area contributed by atoms with Crippen LogP contribution in [0.15, 0.2) is 24.3 Å². The third kappa shape index (κ3) is 2.14. The Morgan fingerprint density at radius 1 is 1.44 bits per heavy atom. The molecular weight excluding hydrogens is 224 g/mol. The summed E-state index contributed by atoms with van der Waals surface area (Å²) in [5, 5.41) is 10.8. The van der Waals surface area contributed by atoms with Crippen LogP contribution in [0, 0.1) is 11.3 Å². The monoisotopic (exact) mass is 235 g/mol. The molecule has 2 atom stereocenters. The van der Waals surface area contributed by atoms with Gasteiger partial charge in [-0.25, -0.2) is 0 Å². The standard InChI is InChI=1S/C11H12N2O2S/c12-5-11(16(14)15)9-3-1-8(2-4-9)10-6-13-7-10/h1-4,10-11,13H,6-7H2,(H,14,15)/p-1. The van der Waals surface area contributed by atoms with Crippen LogP contribution >= 0.6 is 0 Å². The van der Waals surface area contributed by atoms with Crippen molar-refractivity contribution in [3.63, 3.8) is 0 Å². The van der Waals surface area contributed by atoms with E-state index in [0.717, 1.165) is 13.1 Å². The first-order valence-corrected chi connectivity index (χ1v) is 6.14. The third-order valence-electron chi connectivity index (χ3n) is 2.80. The van der Waals surface area contributed by atoms with Gasteiger partial charge in [-0.2, -0.15) is 5.26 Å². The zero-order chi connectivity index (χ0) is 11.5. The molecule has 1 fully saturated rings. The SMILES string of the molecule is N#CC(c1ccc(C2CNC2)cc1)S(=O)[O-]. The summed E-state index contributed by atoms with van der Waals surface area (Å²) in [6.07, 6.45) is 0. The van der Waals surface area contributed by atoms with Crippen molar-refractivity contribution >= 4 is 11.1 Å². The van der Waals surface area contributed by atoms with E-state index in [9.17, 15) is 8.76 Å². The molecule has 0 aliphatic carbocycles. The fourth-order valence-electron chi connectivity index (χ4n) is 1.70. The van der Waals surface area contributed by atoms with E-state index in [1.54, 1.807) is 18.2 Å². The van der Waals surface area contributed by atoms with Gasteiger partial charge in [-0.3, -0.25) is 4.21 Å². The van der Waals surface area contributed by atoms with Gasteiger partial charge in [0.1, 0.15) is 5.25 Å². The molecular formula is C11H11N2O2S-. The minimum absolute atomic E-state index is 0.521. The number of nitrogens with zero attached hydrogens (tertiary/aromatic N) is 1. The van der Waals surface area contributed by atoms with Gasteiger partial charge in [0, 0.05) is 19.0 Å². The predicted molar refractivity (Wildman–Crippen MR) is 59.3 cm³/mol. The Morgan fingerprint density at radius 2 is 2.06 bits per heavy atom. The van der Waals surface area contributed by atoms with Gasteiger partial charge >= 0.3 is 0 Å². The summed E-state index contributed by atoms with van der Waals surface area (Å²) in [6.45, 7) is 1.93. The lowest BCUT2D eigenvalue weighted by Crippen LogP contribution is -2.39. The summed E-state index contributed by atoms with van der Waals surface area (Å²) in [4.78, 5) is 0. The molecule has 1 aromatic rings. The van der Waals surface area contributed by atoms with Gasteiger partial charge in [-0.1, -0.05) is 24.3 Å². The van der Waals surface area contributed by atoms with Crippen molar-refractivity contribution in [1.29, 1.82) is 5.26 Å². The molecule has 1 saturated heterocycles. The lowest BCUT2D eigenvalue weighted by Gasteiger charge is -2.27. The van der Waals surface area contributed by atoms with E-state index >= 15 is 0 Å². The quantitative estimate of drug-likeness (QED) is 0.787. The van der Waals surface area contributed by atoms with Gasteiger partial charge in [0.15, 0.2) is 0 Å². The van der Waals surface area contributed by atoms with Gasteiger partial charge in [-0.05, 0) is 22.2 Å². The Bertz CT molecular complexity index is 434. The van der Waals surface area contributed by atoms with Crippen LogP contribution in [0.5, 0.6) is 0 Å². The van der Waals surface area contributed by atoms with Gasteiger partial charge in [0.2, 0.25) is 0 Å². The Hall–Kier alpha value is -1.22. The highest BCUT2D eigenvalue weighted by Crippen LogP contribution is 2.23. The van der Waals surface area contributed by atoms with Crippen molar-refractivity contribution in [3.8, 4) is 6.07 Å². The lowest BCUT2D eigenvalue weighted by atomic mass is 9.93. The van der Waals surface area contributed by atoms with Crippen LogP contribution in [-0.4, -0.2) is 21.9 Å². The first-order valence-electron chi connectivity index (χ1n) is 5.00. The van der Waals surface area contributed by atoms with E-state index in [-0.39, 0.29) is 0 Å². The highest BCUT2D eigenvalue weighted by molar-refractivity contribution is 7.79. The molecule has 0 bridgehead atoms. The molecule has 2 unspecified atom stereocenters. The van der Waals surface area contributed by atoms with E-state index in [2.05, 4.69) is 5.32 Å². The Labute approximate surface area is 96.6 Å². The van der Waals surface area contributed by atoms with Crippen molar-refractivity contribution in [2.45, 2.75) is 11.2 Å².